The number of nitrogens with zero attached hydrogens (tertiary/aromatic N) is 1. The fourth-order valence-electron chi connectivity index (χ4n) is 5.16. The molecule has 9 heteroatoms. The normalized spacial score (nSPS) is 18.0. The van der Waals surface area contributed by atoms with Crippen LogP contribution in [0.1, 0.15) is 63.5 Å². The monoisotopic (exact) mass is 558 g/mol. The van der Waals surface area contributed by atoms with Crippen LogP contribution in [0.4, 0.5) is 0 Å². The largest absolute Gasteiger partial charge is 0.493 e. The summed E-state index contributed by atoms with van der Waals surface area (Å²) < 4.78 is 23.5. The summed E-state index contributed by atoms with van der Waals surface area (Å²) in [5.74, 6) is 1.45. The average Bonchev–Trinajstić information content (AvgIpc) is 3.24. The van der Waals surface area contributed by atoms with E-state index in [-0.39, 0.29) is 36.9 Å². The van der Waals surface area contributed by atoms with Gasteiger partial charge in [-0.25, -0.2) is 0 Å². The summed E-state index contributed by atoms with van der Waals surface area (Å²) in [5.41, 5.74) is 0.609. The standard InChI is InChI=1S/C30H39ClN2O6/c1-3-16-37-25-15-14-21(17-27(25)36-2)29(30(35)32-22-10-6-4-5-7-11-22)33(28(34)18-31)19-23-20-38-24-12-8-9-13-26(24)39-23/h8-9,12-15,17,22-23,29H,3-7,10-11,16,18-20H2,1-2H3,(H,32,35). The molecule has 0 radical (unpaired) electrons. The number of alkyl halides is 1. The summed E-state index contributed by atoms with van der Waals surface area (Å²) in [6, 6.07) is 11.9. The number of amides is 2. The van der Waals surface area contributed by atoms with E-state index in [1.807, 2.05) is 37.3 Å². The maximum atomic E-state index is 14.0. The molecule has 8 nitrogen and oxygen atoms in total. The van der Waals surface area contributed by atoms with Crippen LogP contribution in [0.5, 0.6) is 23.0 Å². The third-order valence-electron chi connectivity index (χ3n) is 7.13. The van der Waals surface area contributed by atoms with Gasteiger partial charge in [-0.2, -0.15) is 0 Å². The zero-order valence-corrected chi connectivity index (χ0v) is 23.6. The highest BCUT2D eigenvalue weighted by atomic mass is 35.5. The Morgan fingerprint density at radius 2 is 1.82 bits per heavy atom. The van der Waals surface area contributed by atoms with Crippen molar-refractivity contribution < 1.29 is 28.5 Å². The lowest BCUT2D eigenvalue weighted by Gasteiger charge is -2.36. The highest BCUT2D eigenvalue weighted by Crippen LogP contribution is 2.35. The molecule has 1 aliphatic carbocycles. The number of benzene rings is 2. The molecule has 1 saturated carbocycles. The molecule has 2 aromatic rings. The van der Waals surface area contributed by atoms with E-state index < -0.39 is 12.1 Å². The number of halogens is 1. The minimum absolute atomic E-state index is 0.0608. The van der Waals surface area contributed by atoms with Crippen LogP contribution in [0.25, 0.3) is 0 Å². The Bertz CT molecular complexity index is 1100. The van der Waals surface area contributed by atoms with Crippen molar-refractivity contribution in [1.82, 2.24) is 10.2 Å². The Morgan fingerprint density at radius 1 is 1.08 bits per heavy atom. The first-order valence-corrected chi connectivity index (χ1v) is 14.4. The fraction of sp³-hybridized carbons (Fsp3) is 0.533. The van der Waals surface area contributed by atoms with Gasteiger partial charge in [-0.05, 0) is 49.1 Å². The van der Waals surface area contributed by atoms with E-state index in [0.29, 0.717) is 35.2 Å². The summed E-state index contributed by atoms with van der Waals surface area (Å²) in [7, 11) is 1.56. The van der Waals surface area contributed by atoms with Crippen LogP contribution in [0.2, 0.25) is 0 Å². The van der Waals surface area contributed by atoms with Crippen LogP contribution in [0.15, 0.2) is 42.5 Å². The minimum atomic E-state index is -0.936. The van der Waals surface area contributed by atoms with Gasteiger partial charge in [-0.3, -0.25) is 9.59 Å². The molecule has 0 saturated heterocycles. The highest BCUT2D eigenvalue weighted by Gasteiger charge is 2.36. The maximum absolute atomic E-state index is 14.0. The molecule has 0 aromatic heterocycles. The number of rotatable bonds is 11. The summed E-state index contributed by atoms with van der Waals surface area (Å²) in [6.07, 6.45) is 6.70. The fourth-order valence-corrected chi connectivity index (χ4v) is 5.32. The quantitative estimate of drug-likeness (QED) is 0.299. The Labute approximate surface area is 235 Å². The van der Waals surface area contributed by atoms with Crippen LogP contribution in [0, 0.1) is 0 Å². The summed E-state index contributed by atoms with van der Waals surface area (Å²) >= 11 is 6.10. The predicted octanol–water partition coefficient (Wildman–Crippen LogP) is 5.27. The molecule has 4 rings (SSSR count). The van der Waals surface area contributed by atoms with Gasteiger partial charge in [-0.1, -0.05) is 50.8 Å². The minimum Gasteiger partial charge on any atom is -0.493 e. The van der Waals surface area contributed by atoms with E-state index in [2.05, 4.69) is 5.32 Å². The van der Waals surface area contributed by atoms with Crippen molar-refractivity contribution in [2.24, 2.45) is 0 Å². The van der Waals surface area contributed by atoms with E-state index in [9.17, 15) is 9.59 Å². The predicted molar refractivity (Wildman–Crippen MR) is 150 cm³/mol. The number of carbonyl (C=O) groups excluding carboxylic acids is 2. The molecule has 2 unspecified atom stereocenters. The van der Waals surface area contributed by atoms with Gasteiger partial charge in [0.2, 0.25) is 11.8 Å². The first-order valence-electron chi connectivity index (χ1n) is 13.9. The number of hydrogen-bond donors (Lipinski definition) is 1. The zero-order valence-electron chi connectivity index (χ0n) is 22.8. The van der Waals surface area contributed by atoms with Crippen LogP contribution < -0.4 is 24.3 Å². The highest BCUT2D eigenvalue weighted by molar-refractivity contribution is 6.27. The van der Waals surface area contributed by atoms with Crippen LogP contribution in [0.3, 0.4) is 0 Å². The molecular formula is C30H39ClN2O6. The molecule has 2 amide bonds. The number of hydrogen-bond acceptors (Lipinski definition) is 6. The Kier molecular flexibility index (Phi) is 10.6. The zero-order chi connectivity index (χ0) is 27.6. The van der Waals surface area contributed by atoms with Crippen LogP contribution >= 0.6 is 11.6 Å². The molecule has 212 valence electrons. The van der Waals surface area contributed by atoms with Crippen LogP contribution in [-0.2, 0) is 9.59 Å². The van der Waals surface area contributed by atoms with Crippen molar-refractivity contribution in [3.05, 3.63) is 48.0 Å². The van der Waals surface area contributed by atoms with Crippen molar-refractivity contribution >= 4 is 23.4 Å². The maximum Gasteiger partial charge on any atom is 0.247 e. The van der Waals surface area contributed by atoms with E-state index in [4.69, 9.17) is 30.5 Å². The van der Waals surface area contributed by atoms with Gasteiger partial charge in [0.05, 0.1) is 20.3 Å². The molecule has 39 heavy (non-hydrogen) atoms. The second kappa shape index (κ2) is 14.3. The Hall–Kier alpha value is -3.13. The van der Waals surface area contributed by atoms with Gasteiger partial charge in [0.25, 0.3) is 0 Å². The van der Waals surface area contributed by atoms with E-state index in [1.54, 1.807) is 19.2 Å². The molecule has 2 atom stereocenters. The van der Waals surface area contributed by atoms with E-state index in [1.165, 1.54) is 17.7 Å². The molecule has 1 aliphatic heterocycles. The molecule has 1 N–H and O–H groups in total. The van der Waals surface area contributed by atoms with Crippen molar-refractivity contribution in [3.63, 3.8) is 0 Å². The number of carbonyl (C=O) groups is 2. The first kappa shape index (κ1) is 28.9. The third-order valence-corrected chi connectivity index (χ3v) is 7.36. The first-order chi connectivity index (χ1) is 19.0. The van der Waals surface area contributed by atoms with Crippen LogP contribution in [-0.4, -0.2) is 61.6 Å². The number of para-hydroxylation sites is 2. The summed E-state index contributed by atoms with van der Waals surface area (Å²) in [5, 5.41) is 3.24. The SMILES string of the molecule is CCCOc1ccc(C(C(=O)NC2CCCCCC2)N(CC2COc3ccccc3O2)C(=O)CCl)cc1OC. The number of nitrogens with one attached hydrogen (secondary N) is 1. The van der Waals surface area contributed by atoms with Crippen molar-refractivity contribution in [1.29, 1.82) is 0 Å². The Morgan fingerprint density at radius 3 is 2.51 bits per heavy atom. The summed E-state index contributed by atoms with van der Waals surface area (Å²) in [4.78, 5) is 28.8. The van der Waals surface area contributed by atoms with Gasteiger partial charge >= 0.3 is 0 Å². The lowest BCUT2D eigenvalue weighted by atomic mass is 10.0. The van der Waals surface area contributed by atoms with Gasteiger partial charge in [0.15, 0.2) is 29.1 Å². The second-order valence-electron chi connectivity index (χ2n) is 10.0. The molecule has 2 aliphatic rings. The molecule has 0 spiro atoms. The van der Waals surface area contributed by atoms with Crippen molar-refractivity contribution in [3.8, 4) is 23.0 Å². The number of ether oxygens (including phenoxy) is 4. The average molecular weight is 559 g/mol. The molecular weight excluding hydrogens is 520 g/mol. The van der Waals surface area contributed by atoms with Gasteiger partial charge in [0.1, 0.15) is 18.5 Å². The second-order valence-corrected chi connectivity index (χ2v) is 10.3. The topological polar surface area (TPSA) is 86.3 Å². The molecule has 2 aromatic carbocycles. The summed E-state index contributed by atoms with van der Waals surface area (Å²) in [6.45, 7) is 2.94. The van der Waals surface area contributed by atoms with Gasteiger partial charge in [-0.15, -0.1) is 11.6 Å². The smallest absolute Gasteiger partial charge is 0.247 e. The third kappa shape index (κ3) is 7.50. The van der Waals surface area contributed by atoms with Gasteiger partial charge < -0.3 is 29.2 Å². The lowest BCUT2D eigenvalue weighted by Crippen LogP contribution is -2.51. The lowest BCUT2D eigenvalue weighted by molar-refractivity contribution is -0.141. The van der Waals surface area contributed by atoms with Crippen molar-refractivity contribution in [2.45, 2.75) is 70.1 Å². The molecule has 1 heterocycles. The number of fused-ring (bicyclic) bond motifs is 1. The van der Waals surface area contributed by atoms with Gasteiger partial charge in [0, 0.05) is 6.04 Å². The molecule has 0 bridgehead atoms. The Balaban J connectivity index is 1.65. The van der Waals surface area contributed by atoms with E-state index >= 15 is 0 Å². The van der Waals surface area contributed by atoms with Crippen molar-refractivity contribution in [2.75, 3.05) is 32.7 Å². The van der Waals surface area contributed by atoms with E-state index in [0.717, 1.165) is 32.1 Å². The molecule has 1 fully saturated rings. The number of methoxy groups -OCH3 is 1.